The minimum absolute atomic E-state index is 0.158. The lowest BCUT2D eigenvalue weighted by Gasteiger charge is -2.17. The van der Waals surface area contributed by atoms with Gasteiger partial charge >= 0.3 is 6.18 Å². The van der Waals surface area contributed by atoms with Crippen LogP contribution < -0.4 is 5.32 Å². The van der Waals surface area contributed by atoms with Crippen LogP contribution in [0.2, 0.25) is 0 Å². The summed E-state index contributed by atoms with van der Waals surface area (Å²) in [6, 6.07) is 3.78. The van der Waals surface area contributed by atoms with Crippen LogP contribution in [0, 0.1) is 19.8 Å². The van der Waals surface area contributed by atoms with Crippen molar-refractivity contribution in [2.45, 2.75) is 33.0 Å². The van der Waals surface area contributed by atoms with Gasteiger partial charge in [-0.15, -0.1) is 0 Å². The van der Waals surface area contributed by atoms with Crippen molar-refractivity contribution in [2.24, 2.45) is 5.92 Å². The maximum atomic E-state index is 12.3. The molecule has 1 aliphatic heterocycles. The normalized spacial score (nSPS) is 19.4. The van der Waals surface area contributed by atoms with Crippen molar-refractivity contribution < 1.29 is 18.0 Å². The van der Waals surface area contributed by atoms with Crippen LogP contribution in [0.4, 0.5) is 13.2 Å². The molecule has 1 aromatic heterocycles. The Hall–Kier alpha value is -1.63. The Morgan fingerprint density at radius 3 is 2.77 bits per heavy atom. The van der Waals surface area contributed by atoms with Crippen molar-refractivity contribution in [3.8, 4) is 0 Å². The topological polar surface area (TPSA) is 45.2 Å². The molecule has 0 aliphatic carbocycles. The molecule has 1 amide bonds. The first-order chi connectivity index (χ1) is 10.2. The van der Waals surface area contributed by atoms with Crippen molar-refractivity contribution in [3.05, 3.63) is 29.1 Å². The standard InChI is InChI=1S/C15H20F3N3O/c1-10-3-4-13(20-11(10)2)7-19-14(22)12-5-6-21(8-12)9-15(16,17)18/h3-4,12H,5-9H2,1-2H3,(H,19,22). The molecular formula is C15H20F3N3O. The number of aryl methyl sites for hydroxylation is 2. The van der Waals surface area contributed by atoms with E-state index in [1.165, 1.54) is 4.90 Å². The number of amides is 1. The fraction of sp³-hybridized carbons (Fsp3) is 0.600. The number of carbonyl (C=O) groups is 1. The van der Waals surface area contributed by atoms with Gasteiger partial charge in [0.25, 0.3) is 0 Å². The number of rotatable bonds is 4. The van der Waals surface area contributed by atoms with Gasteiger partial charge in [0.1, 0.15) is 0 Å². The molecule has 0 saturated carbocycles. The van der Waals surface area contributed by atoms with Gasteiger partial charge in [0.05, 0.1) is 24.7 Å². The second-order valence-electron chi connectivity index (χ2n) is 5.76. The van der Waals surface area contributed by atoms with E-state index in [2.05, 4.69) is 10.3 Å². The van der Waals surface area contributed by atoms with Crippen molar-refractivity contribution in [2.75, 3.05) is 19.6 Å². The molecule has 2 heterocycles. The van der Waals surface area contributed by atoms with E-state index in [1.807, 2.05) is 26.0 Å². The van der Waals surface area contributed by atoms with Crippen LogP contribution in [0.25, 0.3) is 0 Å². The average molecular weight is 315 g/mol. The molecule has 2 rings (SSSR count). The molecule has 1 N–H and O–H groups in total. The van der Waals surface area contributed by atoms with Crippen LogP contribution in [0.5, 0.6) is 0 Å². The Morgan fingerprint density at radius 2 is 2.14 bits per heavy atom. The molecule has 0 aromatic carbocycles. The summed E-state index contributed by atoms with van der Waals surface area (Å²) in [7, 11) is 0. The number of alkyl halides is 3. The Morgan fingerprint density at radius 1 is 1.41 bits per heavy atom. The first kappa shape index (κ1) is 16.7. The third kappa shape index (κ3) is 4.69. The van der Waals surface area contributed by atoms with E-state index in [0.717, 1.165) is 17.0 Å². The zero-order valence-electron chi connectivity index (χ0n) is 12.7. The third-order valence-corrected chi connectivity index (χ3v) is 3.90. The van der Waals surface area contributed by atoms with E-state index < -0.39 is 12.7 Å². The summed E-state index contributed by atoms with van der Waals surface area (Å²) < 4.78 is 37.0. The van der Waals surface area contributed by atoms with E-state index in [1.54, 1.807) is 0 Å². The monoisotopic (exact) mass is 315 g/mol. The first-order valence-electron chi connectivity index (χ1n) is 7.24. The van der Waals surface area contributed by atoms with Gasteiger partial charge in [-0.2, -0.15) is 13.2 Å². The van der Waals surface area contributed by atoms with E-state index in [4.69, 9.17) is 0 Å². The molecule has 122 valence electrons. The molecule has 1 unspecified atom stereocenters. The highest BCUT2D eigenvalue weighted by Crippen LogP contribution is 2.22. The van der Waals surface area contributed by atoms with Crippen LogP contribution in [0.3, 0.4) is 0 Å². The highest BCUT2D eigenvalue weighted by atomic mass is 19.4. The minimum Gasteiger partial charge on any atom is -0.350 e. The molecule has 1 saturated heterocycles. The number of halogens is 3. The molecule has 1 atom stereocenters. The lowest BCUT2D eigenvalue weighted by atomic mass is 10.1. The lowest BCUT2D eigenvalue weighted by molar-refractivity contribution is -0.144. The Bertz CT molecular complexity index is 545. The van der Waals surface area contributed by atoms with Gasteiger partial charge in [0, 0.05) is 12.2 Å². The number of pyridine rings is 1. The smallest absolute Gasteiger partial charge is 0.350 e. The molecule has 1 fully saturated rings. The van der Waals surface area contributed by atoms with Crippen LogP contribution in [0.1, 0.15) is 23.4 Å². The molecule has 1 aliphatic rings. The van der Waals surface area contributed by atoms with Crippen molar-refractivity contribution in [1.82, 2.24) is 15.2 Å². The SMILES string of the molecule is Cc1ccc(CNC(=O)C2CCN(CC(F)(F)F)C2)nc1C. The molecule has 1 aromatic rings. The van der Waals surface area contributed by atoms with Gasteiger partial charge in [-0.1, -0.05) is 6.07 Å². The molecule has 7 heteroatoms. The fourth-order valence-electron chi connectivity index (χ4n) is 2.55. The molecule has 0 spiro atoms. The first-order valence-corrected chi connectivity index (χ1v) is 7.24. The summed E-state index contributed by atoms with van der Waals surface area (Å²) in [4.78, 5) is 17.7. The molecule has 22 heavy (non-hydrogen) atoms. The fourth-order valence-corrected chi connectivity index (χ4v) is 2.55. The van der Waals surface area contributed by atoms with Crippen molar-refractivity contribution >= 4 is 5.91 Å². The zero-order valence-corrected chi connectivity index (χ0v) is 12.7. The number of hydrogen-bond acceptors (Lipinski definition) is 3. The number of aromatic nitrogens is 1. The van der Waals surface area contributed by atoms with Crippen molar-refractivity contribution in [3.63, 3.8) is 0 Å². The van der Waals surface area contributed by atoms with Crippen LogP contribution in [-0.4, -0.2) is 41.6 Å². The average Bonchev–Trinajstić information content (AvgIpc) is 2.86. The maximum Gasteiger partial charge on any atom is 0.401 e. The predicted octanol–water partition coefficient (Wildman–Crippen LogP) is 2.20. The van der Waals surface area contributed by atoms with Gasteiger partial charge in [-0.05, 0) is 38.4 Å². The summed E-state index contributed by atoms with van der Waals surface area (Å²) >= 11 is 0. The van der Waals surface area contributed by atoms with E-state index in [9.17, 15) is 18.0 Å². The highest BCUT2D eigenvalue weighted by molar-refractivity contribution is 5.79. The summed E-state index contributed by atoms with van der Waals surface area (Å²) in [5.41, 5.74) is 2.74. The summed E-state index contributed by atoms with van der Waals surface area (Å²) in [6.45, 7) is 3.67. The Labute approximate surface area is 127 Å². The molecule has 4 nitrogen and oxygen atoms in total. The van der Waals surface area contributed by atoms with Gasteiger partial charge in [-0.25, -0.2) is 0 Å². The predicted molar refractivity (Wildman–Crippen MR) is 76.2 cm³/mol. The summed E-state index contributed by atoms with van der Waals surface area (Å²) in [6.07, 6.45) is -3.75. The van der Waals surface area contributed by atoms with Crippen LogP contribution in [-0.2, 0) is 11.3 Å². The number of hydrogen-bond donors (Lipinski definition) is 1. The second kappa shape index (κ2) is 6.64. The summed E-state index contributed by atoms with van der Waals surface area (Å²) in [5, 5.41) is 2.76. The van der Waals surface area contributed by atoms with E-state index >= 15 is 0 Å². The van der Waals surface area contributed by atoms with Gasteiger partial charge in [-0.3, -0.25) is 14.7 Å². The minimum atomic E-state index is -4.21. The number of nitrogens with one attached hydrogen (secondary N) is 1. The van der Waals surface area contributed by atoms with Crippen LogP contribution in [0.15, 0.2) is 12.1 Å². The quantitative estimate of drug-likeness (QED) is 0.926. The molecule has 0 bridgehead atoms. The van der Waals surface area contributed by atoms with Gasteiger partial charge in [0.15, 0.2) is 0 Å². The Balaban J connectivity index is 1.82. The molecule has 0 radical (unpaired) electrons. The summed E-state index contributed by atoms with van der Waals surface area (Å²) in [5.74, 6) is -0.585. The van der Waals surface area contributed by atoms with Gasteiger partial charge < -0.3 is 5.32 Å². The molecular weight excluding hydrogens is 295 g/mol. The lowest BCUT2D eigenvalue weighted by Crippen LogP contribution is -2.35. The second-order valence-corrected chi connectivity index (χ2v) is 5.76. The number of carbonyl (C=O) groups excluding carboxylic acids is 1. The van der Waals surface area contributed by atoms with Crippen LogP contribution >= 0.6 is 0 Å². The highest BCUT2D eigenvalue weighted by Gasteiger charge is 2.36. The van der Waals surface area contributed by atoms with Gasteiger partial charge in [0.2, 0.25) is 5.91 Å². The Kier molecular flexibility index (Phi) is 5.05. The van der Waals surface area contributed by atoms with E-state index in [0.29, 0.717) is 19.5 Å². The largest absolute Gasteiger partial charge is 0.401 e. The number of nitrogens with zero attached hydrogens (tertiary/aromatic N) is 2. The van der Waals surface area contributed by atoms with Crippen molar-refractivity contribution in [1.29, 1.82) is 0 Å². The maximum absolute atomic E-state index is 12.3. The zero-order chi connectivity index (χ0) is 16.3. The third-order valence-electron chi connectivity index (χ3n) is 3.90. The number of likely N-dealkylation sites (tertiary alicyclic amines) is 1. The van der Waals surface area contributed by atoms with E-state index in [-0.39, 0.29) is 18.4 Å².